The Labute approximate surface area is 188 Å². The third kappa shape index (κ3) is 4.33. The number of carbonyl (C=O) groups is 1. The van der Waals surface area contributed by atoms with Gasteiger partial charge in [0.1, 0.15) is 23.8 Å². The highest BCUT2D eigenvalue weighted by Gasteiger charge is 2.34. The number of H-pyrrole nitrogens is 1. The van der Waals surface area contributed by atoms with Crippen LogP contribution >= 0.6 is 0 Å². The average Bonchev–Trinajstić information content (AvgIpc) is 3.13. The number of nitrogens with one attached hydrogen (secondary N) is 2. The molecule has 1 aliphatic carbocycles. The molecule has 168 valence electrons. The number of nitrogens with zero attached hydrogens (tertiary/aromatic N) is 2. The Morgan fingerprint density at radius 2 is 1.85 bits per heavy atom. The molecular formula is C25H21F3N4O. The first kappa shape index (κ1) is 21.2. The van der Waals surface area contributed by atoms with Crippen LogP contribution in [0.5, 0.6) is 0 Å². The molecule has 33 heavy (non-hydrogen) atoms. The number of hydrogen-bond donors (Lipinski definition) is 2. The number of carbonyl (C=O) groups excluding carboxylic acids is 1. The van der Waals surface area contributed by atoms with E-state index in [0.29, 0.717) is 28.9 Å². The molecule has 1 aliphatic rings. The lowest BCUT2D eigenvalue weighted by atomic mass is 9.70. The van der Waals surface area contributed by atoms with Crippen LogP contribution in [0, 0.1) is 23.4 Å². The smallest absolute Gasteiger partial charge is 0.226 e. The van der Waals surface area contributed by atoms with Crippen molar-refractivity contribution in [1.82, 2.24) is 20.3 Å². The van der Waals surface area contributed by atoms with Crippen LogP contribution < -0.4 is 5.32 Å². The van der Waals surface area contributed by atoms with Crippen LogP contribution in [0.2, 0.25) is 0 Å². The Bertz CT molecular complexity index is 1300. The third-order valence-electron chi connectivity index (χ3n) is 6.21. The molecule has 1 saturated carbocycles. The summed E-state index contributed by atoms with van der Waals surface area (Å²) in [6.45, 7) is 0.525. The molecule has 5 rings (SSSR count). The van der Waals surface area contributed by atoms with E-state index in [0.717, 1.165) is 24.5 Å². The monoisotopic (exact) mass is 450 g/mol. The van der Waals surface area contributed by atoms with Gasteiger partial charge in [0.2, 0.25) is 5.91 Å². The normalized spacial score (nSPS) is 17.7. The second-order valence-corrected chi connectivity index (χ2v) is 8.45. The molecule has 8 heteroatoms. The molecule has 1 amide bonds. The number of aromatic amines is 1. The summed E-state index contributed by atoms with van der Waals surface area (Å²) >= 11 is 0. The number of benzene rings is 2. The Balaban J connectivity index is 1.33. The molecule has 1 fully saturated rings. The van der Waals surface area contributed by atoms with Crippen molar-refractivity contribution in [1.29, 1.82) is 0 Å². The molecule has 4 aromatic rings. The third-order valence-corrected chi connectivity index (χ3v) is 6.21. The van der Waals surface area contributed by atoms with Crippen molar-refractivity contribution >= 4 is 16.8 Å². The zero-order valence-corrected chi connectivity index (χ0v) is 17.6. The predicted molar refractivity (Wildman–Crippen MR) is 118 cm³/mol. The van der Waals surface area contributed by atoms with Gasteiger partial charge < -0.3 is 10.3 Å². The molecule has 0 aliphatic heterocycles. The number of fused-ring (bicyclic) bond motifs is 1. The van der Waals surface area contributed by atoms with Gasteiger partial charge in [-0.2, -0.15) is 0 Å². The molecule has 2 heterocycles. The fourth-order valence-corrected chi connectivity index (χ4v) is 4.55. The highest BCUT2D eigenvalue weighted by atomic mass is 19.1. The second-order valence-electron chi connectivity index (χ2n) is 8.45. The summed E-state index contributed by atoms with van der Waals surface area (Å²) < 4.78 is 42.0. The second kappa shape index (κ2) is 8.69. The Morgan fingerprint density at radius 3 is 2.58 bits per heavy atom. The number of halogens is 3. The Kier molecular flexibility index (Phi) is 5.58. The van der Waals surface area contributed by atoms with Gasteiger partial charge in [-0.3, -0.25) is 4.79 Å². The summed E-state index contributed by atoms with van der Waals surface area (Å²) in [5.41, 5.74) is 3.11. The van der Waals surface area contributed by atoms with Gasteiger partial charge in [0.25, 0.3) is 0 Å². The molecule has 0 spiro atoms. The lowest BCUT2D eigenvalue weighted by molar-refractivity contribution is -0.120. The van der Waals surface area contributed by atoms with Gasteiger partial charge in [-0.1, -0.05) is 0 Å². The number of aromatic nitrogens is 3. The molecule has 0 atom stereocenters. The van der Waals surface area contributed by atoms with E-state index in [1.165, 1.54) is 24.5 Å². The molecule has 2 aromatic heterocycles. The van der Waals surface area contributed by atoms with Crippen molar-refractivity contribution in [3.63, 3.8) is 0 Å². The zero-order chi connectivity index (χ0) is 22.9. The van der Waals surface area contributed by atoms with Crippen molar-refractivity contribution in [2.75, 3.05) is 6.54 Å². The molecule has 0 radical (unpaired) electrons. The highest BCUT2D eigenvalue weighted by Crippen LogP contribution is 2.48. The first-order valence-corrected chi connectivity index (χ1v) is 10.8. The number of amides is 1. The van der Waals surface area contributed by atoms with Crippen LogP contribution in [0.25, 0.3) is 22.2 Å². The molecular weight excluding hydrogens is 429 g/mol. The fraction of sp³-hybridized carbons (Fsp3) is 0.240. The van der Waals surface area contributed by atoms with Gasteiger partial charge in [0, 0.05) is 24.2 Å². The number of rotatable bonds is 6. The molecule has 0 unspecified atom stereocenters. The van der Waals surface area contributed by atoms with Crippen LogP contribution in [0.4, 0.5) is 13.2 Å². The van der Waals surface area contributed by atoms with Crippen molar-refractivity contribution in [2.24, 2.45) is 5.92 Å². The van der Waals surface area contributed by atoms with Crippen molar-refractivity contribution < 1.29 is 18.0 Å². The summed E-state index contributed by atoms with van der Waals surface area (Å²) in [6, 6.07) is 9.84. The highest BCUT2D eigenvalue weighted by molar-refractivity contribution is 5.92. The van der Waals surface area contributed by atoms with E-state index >= 15 is 0 Å². The van der Waals surface area contributed by atoms with E-state index in [1.54, 1.807) is 24.4 Å². The first-order chi connectivity index (χ1) is 16.0. The summed E-state index contributed by atoms with van der Waals surface area (Å²) in [7, 11) is 0. The van der Waals surface area contributed by atoms with Gasteiger partial charge in [-0.15, -0.1) is 0 Å². The van der Waals surface area contributed by atoms with E-state index in [2.05, 4.69) is 20.3 Å². The van der Waals surface area contributed by atoms with E-state index in [9.17, 15) is 18.0 Å². The fourth-order valence-electron chi connectivity index (χ4n) is 4.55. The minimum Gasteiger partial charge on any atom is -0.355 e. The summed E-state index contributed by atoms with van der Waals surface area (Å²) in [6.07, 6.45) is 4.73. The van der Waals surface area contributed by atoms with Gasteiger partial charge in [-0.05, 0) is 72.2 Å². The first-order valence-electron chi connectivity index (χ1n) is 10.8. The zero-order valence-electron chi connectivity index (χ0n) is 17.6. The predicted octanol–water partition coefficient (Wildman–Crippen LogP) is 4.89. The molecule has 2 aromatic carbocycles. The summed E-state index contributed by atoms with van der Waals surface area (Å²) in [4.78, 5) is 23.2. The van der Waals surface area contributed by atoms with Crippen molar-refractivity contribution in [2.45, 2.75) is 25.2 Å². The largest absolute Gasteiger partial charge is 0.355 e. The molecule has 5 nitrogen and oxygen atoms in total. The van der Waals surface area contributed by atoms with Crippen LogP contribution in [0.15, 0.2) is 55.0 Å². The van der Waals surface area contributed by atoms with Crippen LogP contribution in [0.3, 0.4) is 0 Å². The van der Waals surface area contributed by atoms with E-state index in [-0.39, 0.29) is 35.5 Å². The topological polar surface area (TPSA) is 70.7 Å². The molecule has 0 bridgehead atoms. The molecule has 0 saturated heterocycles. The number of hydrogen-bond acceptors (Lipinski definition) is 3. The maximum Gasteiger partial charge on any atom is 0.226 e. The lowest BCUT2D eigenvalue weighted by Crippen LogP contribution is -2.36. The molecule has 2 N–H and O–H groups in total. The quantitative estimate of drug-likeness (QED) is 0.439. The standard InChI is InChI=1S/C25H21F3N4O/c26-17-3-1-15(2-4-17)24-23(20-9-18(27)10-21(28)25(20)32-24)16-7-14(8-16)12-30-22(33)11-19-5-6-29-13-31-19/h1-6,9-10,13-14,16,32H,7-8,11-12H2,(H,30,33)/t14-,16-. The maximum atomic E-state index is 14.5. The van der Waals surface area contributed by atoms with Gasteiger partial charge in [0.05, 0.1) is 23.3 Å². The average molecular weight is 450 g/mol. The Morgan fingerprint density at radius 1 is 1.06 bits per heavy atom. The van der Waals surface area contributed by atoms with Crippen molar-refractivity contribution in [3.8, 4) is 11.3 Å². The van der Waals surface area contributed by atoms with Crippen LogP contribution in [-0.2, 0) is 11.2 Å². The van der Waals surface area contributed by atoms with Gasteiger partial charge in [-0.25, -0.2) is 23.1 Å². The van der Waals surface area contributed by atoms with E-state index < -0.39 is 11.6 Å². The van der Waals surface area contributed by atoms with Gasteiger partial charge in [0.15, 0.2) is 0 Å². The minimum atomic E-state index is -0.660. The summed E-state index contributed by atoms with van der Waals surface area (Å²) in [5, 5.41) is 3.44. The van der Waals surface area contributed by atoms with Crippen LogP contribution in [-0.4, -0.2) is 27.4 Å². The SMILES string of the molecule is O=C(Cc1ccncn1)NC[C@H]1C[C@H](c2c(-c3ccc(F)cc3)[nH]c3c(F)cc(F)cc32)C1. The van der Waals surface area contributed by atoms with Gasteiger partial charge >= 0.3 is 0 Å². The summed E-state index contributed by atoms with van der Waals surface area (Å²) in [5.74, 6) is -1.45. The minimum absolute atomic E-state index is 0.0729. The maximum absolute atomic E-state index is 14.5. The lowest BCUT2D eigenvalue weighted by Gasteiger charge is -2.36. The van der Waals surface area contributed by atoms with E-state index in [4.69, 9.17) is 0 Å². The van der Waals surface area contributed by atoms with Crippen molar-refractivity contribution in [3.05, 3.63) is 83.7 Å². The van der Waals surface area contributed by atoms with Crippen LogP contribution in [0.1, 0.15) is 30.0 Å². The van der Waals surface area contributed by atoms with E-state index in [1.807, 2.05) is 0 Å². The Hall–Kier alpha value is -3.68.